The van der Waals surface area contributed by atoms with Crippen LogP contribution in [0.3, 0.4) is 0 Å². The number of nitrogens with one attached hydrogen (secondary N) is 1. The Hall–Kier alpha value is -4.11. The van der Waals surface area contributed by atoms with Crippen LogP contribution in [0.4, 0.5) is 5.69 Å². The number of carbonyl (C=O) groups is 3. The molecule has 2 heterocycles. The number of anilines is 1. The molecule has 0 saturated heterocycles. The van der Waals surface area contributed by atoms with Crippen molar-refractivity contribution in [2.24, 2.45) is 0 Å². The summed E-state index contributed by atoms with van der Waals surface area (Å²) < 4.78 is 21.9. The van der Waals surface area contributed by atoms with Crippen molar-refractivity contribution in [3.63, 3.8) is 0 Å². The number of methoxy groups -OCH3 is 1. The molecule has 188 valence electrons. The van der Waals surface area contributed by atoms with Crippen molar-refractivity contribution in [2.75, 3.05) is 38.4 Å². The number of hydrogen-bond acceptors (Lipinski definition) is 7. The Balaban J connectivity index is 1.45. The molecule has 2 aromatic carbocycles. The zero-order valence-corrected chi connectivity index (χ0v) is 20.2. The fourth-order valence-electron chi connectivity index (χ4n) is 3.74. The van der Waals surface area contributed by atoms with Crippen molar-refractivity contribution >= 4 is 23.3 Å². The molecular formula is C27H28N2O7. The number of ether oxygens (including phenoxy) is 3. The molecule has 0 aliphatic carbocycles. The molecule has 1 N–H and O–H groups in total. The summed E-state index contributed by atoms with van der Waals surface area (Å²) in [6.07, 6.45) is 0.686. The van der Waals surface area contributed by atoms with Gasteiger partial charge in [-0.2, -0.15) is 0 Å². The van der Waals surface area contributed by atoms with Gasteiger partial charge in [-0.1, -0.05) is 18.2 Å². The first-order chi connectivity index (χ1) is 17.5. The van der Waals surface area contributed by atoms with E-state index in [2.05, 4.69) is 5.32 Å². The molecule has 1 aliphatic heterocycles. The molecular weight excluding hydrogens is 464 g/mol. The normalized spacial score (nSPS) is 12.6. The van der Waals surface area contributed by atoms with E-state index < -0.39 is 0 Å². The zero-order chi connectivity index (χ0) is 25.5. The minimum Gasteiger partial charge on any atom is -0.485 e. The molecule has 36 heavy (non-hydrogen) atoms. The van der Waals surface area contributed by atoms with Crippen LogP contribution in [0.2, 0.25) is 0 Å². The Kier molecular flexibility index (Phi) is 8.02. The maximum absolute atomic E-state index is 12.8. The summed E-state index contributed by atoms with van der Waals surface area (Å²) >= 11 is 0. The van der Waals surface area contributed by atoms with Crippen molar-refractivity contribution in [3.05, 3.63) is 77.2 Å². The second-order valence-electron chi connectivity index (χ2n) is 8.30. The van der Waals surface area contributed by atoms with E-state index in [0.717, 1.165) is 5.56 Å². The van der Waals surface area contributed by atoms with E-state index in [1.807, 2.05) is 25.1 Å². The van der Waals surface area contributed by atoms with Crippen molar-refractivity contribution in [1.29, 1.82) is 0 Å². The molecule has 1 aromatic heterocycles. The third-order valence-corrected chi connectivity index (χ3v) is 5.69. The first-order valence-electron chi connectivity index (χ1n) is 11.6. The van der Waals surface area contributed by atoms with Gasteiger partial charge in [-0.25, -0.2) is 0 Å². The van der Waals surface area contributed by atoms with Crippen LogP contribution in [0, 0.1) is 6.92 Å². The van der Waals surface area contributed by atoms with E-state index in [-0.39, 0.29) is 43.1 Å². The van der Waals surface area contributed by atoms with Crippen LogP contribution in [0.25, 0.3) is 0 Å². The Morgan fingerprint density at radius 3 is 2.75 bits per heavy atom. The predicted octanol–water partition coefficient (Wildman–Crippen LogP) is 3.54. The summed E-state index contributed by atoms with van der Waals surface area (Å²) in [7, 11) is 1.60. The Morgan fingerprint density at radius 1 is 1.11 bits per heavy atom. The van der Waals surface area contributed by atoms with Crippen LogP contribution in [0.1, 0.15) is 38.7 Å². The van der Waals surface area contributed by atoms with Crippen molar-refractivity contribution in [1.82, 2.24) is 5.32 Å². The molecule has 0 unspecified atom stereocenters. The van der Waals surface area contributed by atoms with Crippen molar-refractivity contribution < 1.29 is 33.0 Å². The molecule has 4 rings (SSSR count). The van der Waals surface area contributed by atoms with Gasteiger partial charge < -0.3 is 23.9 Å². The number of Topliss-reactive ketones (excluding diaryl/α,β-unsaturated/α-hetero) is 1. The second kappa shape index (κ2) is 11.5. The van der Waals surface area contributed by atoms with Gasteiger partial charge in [0.25, 0.3) is 11.8 Å². The van der Waals surface area contributed by atoms with Gasteiger partial charge in [-0.15, -0.1) is 0 Å². The summed E-state index contributed by atoms with van der Waals surface area (Å²) in [5.41, 5.74) is 1.78. The molecule has 3 aromatic rings. The summed E-state index contributed by atoms with van der Waals surface area (Å²) in [6.45, 7) is 2.73. The van der Waals surface area contributed by atoms with Gasteiger partial charge in [0.2, 0.25) is 0 Å². The van der Waals surface area contributed by atoms with Gasteiger partial charge in [0, 0.05) is 25.8 Å². The van der Waals surface area contributed by atoms with Crippen molar-refractivity contribution in [2.45, 2.75) is 19.9 Å². The number of carbonyl (C=O) groups excluding carboxylic acids is 3. The minimum atomic E-state index is -0.340. The first kappa shape index (κ1) is 25.0. The zero-order valence-electron chi connectivity index (χ0n) is 20.2. The van der Waals surface area contributed by atoms with E-state index in [4.69, 9.17) is 18.6 Å². The lowest BCUT2D eigenvalue weighted by atomic mass is 10.1. The molecule has 1 aliphatic rings. The molecule has 0 bridgehead atoms. The van der Waals surface area contributed by atoms with E-state index in [9.17, 15) is 14.4 Å². The Bertz CT molecular complexity index is 1250. The van der Waals surface area contributed by atoms with Gasteiger partial charge in [0.15, 0.2) is 24.8 Å². The number of ketones is 1. The smallest absolute Gasteiger partial charge is 0.286 e. The third kappa shape index (κ3) is 5.92. The monoisotopic (exact) mass is 492 g/mol. The maximum Gasteiger partial charge on any atom is 0.286 e. The van der Waals surface area contributed by atoms with Crippen LogP contribution in [-0.2, 0) is 16.1 Å². The third-order valence-electron chi connectivity index (χ3n) is 5.69. The number of rotatable bonds is 11. The van der Waals surface area contributed by atoms with Crippen LogP contribution >= 0.6 is 0 Å². The molecule has 9 nitrogen and oxygen atoms in total. The largest absolute Gasteiger partial charge is 0.485 e. The molecule has 2 amide bonds. The SMILES string of the molecule is COCCCNC(=O)c1ccc(CN2C(=O)COc3ccc(C(=O)COc4ccccc4C)cc32)o1. The van der Waals surface area contributed by atoms with Gasteiger partial charge in [0.05, 0.1) is 12.2 Å². The number of benzene rings is 2. The van der Waals surface area contributed by atoms with Crippen LogP contribution in [0.15, 0.2) is 59.0 Å². The predicted molar refractivity (Wildman–Crippen MR) is 132 cm³/mol. The highest BCUT2D eigenvalue weighted by atomic mass is 16.5. The summed E-state index contributed by atoms with van der Waals surface area (Å²) in [5.74, 6) is 0.842. The second-order valence-corrected chi connectivity index (χ2v) is 8.30. The van der Waals surface area contributed by atoms with Gasteiger partial charge in [0.1, 0.15) is 17.3 Å². The molecule has 0 saturated carbocycles. The average molecular weight is 493 g/mol. The average Bonchev–Trinajstić information content (AvgIpc) is 3.36. The molecule has 0 spiro atoms. The molecule has 0 radical (unpaired) electrons. The summed E-state index contributed by atoms with van der Waals surface area (Å²) in [4.78, 5) is 39.3. The number of furan rings is 1. The minimum absolute atomic E-state index is 0.0868. The summed E-state index contributed by atoms with van der Waals surface area (Å²) in [6, 6.07) is 15.6. The first-order valence-corrected chi connectivity index (χ1v) is 11.6. The van der Waals surface area contributed by atoms with Crippen LogP contribution in [-0.4, -0.2) is 51.1 Å². The van der Waals surface area contributed by atoms with Crippen molar-refractivity contribution in [3.8, 4) is 11.5 Å². The van der Waals surface area contributed by atoms with Gasteiger partial charge in [-0.05, 0) is 55.3 Å². The molecule has 0 atom stereocenters. The highest BCUT2D eigenvalue weighted by Crippen LogP contribution is 2.34. The lowest BCUT2D eigenvalue weighted by Gasteiger charge is -2.29. The standard InChI is InChI=1S/C27H28N2O7/c1-18-6-3-4-7-23(18)34-16-22(30)19-8-10-24-21(14-19)29(26(31)17-35-24)15-20-9-11-25(36-20)27(32)28-12-5-13-33-2/h3-4,6-11,14H,5,12-13,15-17H2,1-2H3,(H,28,32). The van der Waals surface area contributed by atoms with Crippen LogP contribution < -0.4 is 19.7 Å². The highest BCUT2D eigenvalue weighted by molar-refractivity contribution is 6.02. The Labute approximate surface area is 208 Å². The lowest BCUT2D eigenvalue weighted by Crippen LogP contribution is -2.38. The fraction of sp³-hybridized carbons (Fsp3) is 0.296. The van der Waals surface area contributed by atoms with E-state index >= 15 is 0 Å². The fourth-order valence-corrected chi connectivity index (χ4v) is 3.74. The number of fused-ring (bicyclic) bond motifs is 1. The molecule has 9 heteroatoms. The van der Waals surface area contributed by atoms with E-state index in [0.29, 0.717) is 48.1 Å². The number of aryl methyl sites for hydroxylation is 1. The number of para-hydroxylation sites is 1. The topological polar surface area (TPSA) is 107 Å². The maximum atomic E-state index is 12.8. The summed E-state index contributed by atoms with van der Waals surface area (Å²) in [5, 5.41) is 2.76. The van der Waals surface area contributed by atoms with Gasteiger partial charge in [-0.3, -0.25) is 19.3 Å². The quantitative estimate of drug-likeness (QED) is 0.322. The highest BCUT2D eigenvalue weighted by Gasteiger charge is 2.28. The Morgan fingerprint density at radius 2 is 1.94 bits per heavy atom. The number of nitrogens with zero attached hydrogens (tertiary/aromatic N) is 1. The van der Waals surface area contributed by atoms with Crippen LogP contribution in [0.5, 0.6) is 11.5 Å². The van der Waals surface area contributed by atoms with E-state index in [1.54, 1.807) is 43.5 Å². The molecule has 0 fully saturated rings. The van der Waals surface area contributed by atoms with Gasteiger partial charge >= 0.3 is 0 Å². The lowest BCUT2D eigenvalue weighted by molar-refractivity contribution is -0.121. The number of amides is 2. The number of hydrogen-bond donors (Lipinski definition) is 1. The van der Waals surface area contributed by atoms with E-state index in [1.165, 1.54) is 4.90 Å².